The average Bonchev–Trinajstić information content (AvgIpc) is 3.04. The second kappa shape index (κ2) is 8.95. The van der Waals surface area contributed by atoms with Gasteiger partial charge in [-0.1, -0.05) is 47.5 Å². The second-order valence-corrected chi connectivity index (χ2v) is 10.1. The van der Waals surface area contributed by atoms with E-state index in [0.717, 1.165) is 28.1 Å². The van der Waals surface area contributed by atoms with Crippen molar-refractivity contribution < 1.29 is 9.59 Å². The van der Waals surface area contributed by atoms with Crippen molar-refractivity contribution in [3.8, 4) is 0 Å². The summed E-state index contributed by atoms with van der Waals surface area (Å²) in [4.78, 5) is 25.8. The van der Waals surface area contributed by atoms with Gasteiger partial charge in [0.2, 0.25) is 5.91 Å². The number of rotatable bonds is 4. The predicted molar refractivity (Wildman–Crippen MR) is 128 cm³/mol. The molecule has 1 aliphatic heterocycles. The minimum absolute atomic E-state index is 0.0143. The lowest BCUT2D eigenvalue weighted by atomic mass is 9.60. The minimum atomic E-state index is -0.961. The maximum Gasteiger partial charge on any atom is 0.315 e. The number of carbonyl (C=O) groups is 2. The molecule has 2 aliphatic rings. The van der Waals surface area contributed by atoms with Gasteiger partial charge in [-0.3, -0.25) is 4.79 Å². The van der Waals surface area contributed by atoms with E-state index in [-0.39, 0.29) is 35.7 Å². The Labute approximate surface area is 199 Å². The number of nitrogens with one attached hydrogen (secondary N) is 3. The molecule has 0 spiro atoms. The van der Waals surface area contributed by atoms with Gasteiger partial charge < -0.3 is 16.0 Å². The molecule has 3 amide bonds. The zero-order valence-corrected chi connectivity index (χ0v) is 20.1. The van der Waals surface area contributed by atoms with Crippen molar-refractivity contribution in [2.24, 2.45) is 5.92 Å². The van der Waals surface area contributed by atoms with Crippen LogP contribution in [0.25, 0.3) is 0 Å². The van der Waals surface area contributed by atoms with Gasteiger partial charge in [0.05, 0.1) is 0 Å². The second-order valence-electron chi connectivity index (χ2n) is 9.29. The molecule has 0 radical (unpaired) electrons. The molecule has 4 atom stereocenters. The third-order valence-corrected chi connectivity index (χ3v) is 7.38. The topological polar surface area (TPSA) is 70.2 Å². The van der Waals surface area contributed by atoms with Crippen LogP contribution in [0.2, 0.25) is 10.0 Å². The van der Waals surface area contributed by atoms with Crippen LogP contribution in [0.4, 0.5) is 4.79 Å². The van der Waals surface area contributed by atoms with E-state index in [0.29, 0.717) is 18.0 Å². The van der Waals surface area contributed by atoms with Gasteiger partial charge in [-0.2, -0.15) is 0 Å². The van der Waals surface area contributed by atoms with Gasteiger partial charge in [0, 0.05) is 28.5 Å². The van der Waals surface area contributed by atoms with Crippen molar-refractivity contribution in [1.82, 2.24) is 16.0 Å². The Morgan fingerprint density at radius 2 is 1.88 bits per heavy atom. The van der Waals surface area contributed by atoms with E-state index in [9.17, 15) is 9.59 Å². The summed E-state index contributed by atoms with van der Waals surface area (Å²) >= 11 is 12.9. The van der Waals surface area contributed by atoms with Gasteiger partial charge in [-0.25, -0.2) is 4.79 Å². The van der Waals surface area contributed by atoms with Gasteiger partial charge in [-0.15, -0.1) is 0 Å². The molecule has 5 nitrogen and oxygen atoms in total. The van der Waals surface area contributed by atoms with E-state index >= 15 is 0 Å². The summed E-state index contributed by atoms with van der Waals surface area (Å²) in [6.07, 6.45) is 1.27. The highest BCUT2D eigenvalue weighted by molar-refractivity contribution is 6.31. The number of urea groups is 1. The number of hydrogen-bond acceptors (Lipinski definition) is 2. The Morgan fingerprint density at radius 1 is 1.16 bits per heavy atom. The van der Waals surface area contributed by atoms with E-state index in [4.69, 9.17) is 23.2 Å². The number of amides is 3. The monoisotopic (exact) mass is 473 g/mol. The van der Waals surface area contributed by atoms with Gasteiger partial charge in [0.15, 0.2) is 0 Å². The van der Waals surface area contributed by atoms with E-state index < -0.39 is 5.54 Å². The van der Waals surface area contributed by atoms with Crippen LogP contribution in [0, 0.1) is 12.8 Å². The fourth-order valence-electron chi connectivity index (χ4n) is 5.42. The molecule has 4 rings (SSSR count). The SMILES string of the molecule is Cc1ccc([C@@H]2CC[C@@]3(NC(=O)NC(C)C)C(=O)NC[C@H]3[C@H]2c2ccc(Cl)cc2)c(Cl)c1. The Bertz CT molecular complexity index is 1020. The van der Waals surface area contributed by atoms with Gasteiger partial charge in [-0.05, 0) is 80.3 Å². The first-order chi connectivity index (χ1) is 15.2. The van der Waals surface area contributed by atoms with Crippen LogP contribution in [0.1, 0.15) is 55.2 Å². The lowest BCUT2D eigenvalue weighted by molar-refractivity contribution is -0.126. The van der Waals surface area contributed by atoms with Gasteiger partial charge >= 0.3 is 6.03 Å². The third kappa shape index (κ3) is 4.20. The number of halogens is 2. The van der Waals surface area contributed by atoms with Crippen LogP contribution in [0.15, 0.2) is 42.5 Å². The maximum absolute atomic E-state index is 13.1. The first-order valence-electron chi connectivity index (χ1n) is 11.1. The molecule has 1 saturated carbocycles. The fraction of sp³-hybridized carbons (Fsp3) is 0.440. The highest BCUT2D eigenvalue weighted by Gasteiger charge is 2.58. The number of aryl methyl sites for hydroxylation is 1. The van der Waals surface area contributed by atoms with Crippen molar-refractivity contribution in [2.45, 2.75) is 57.0 Å². The van der Waals surface area contributed by atoms with Crippen molar-refractivity contribution in [3.63, 3.8) is 0 Å². The van der Waals surface area contributed by atoms with Crippen LogP contribution in [-0.2, 0) is 4.79 Å². The molecule has 0 bridgehead atoms. The molecule has 1 saturated heterocycles. The summed E-state index contributed by atoms with van der Waals surface area (Å²) in [6.45, 7) is 6.32. The Kier molecular flexibility index (Phi) is 6.42. The lowest BCUT2D eigenvalue weighted by Crippen LogP contribution is -2.63. The Balaban J connectivity index is 1.78. The van der Waals surface area contributed by atoms with Crippen LogP contribution < -0.4 is 16.0 Å². The highest BCUT2D eigenvalue weighted by Crippen LogP contribution is 2.54. The molecule has 1 heterocycles. The third-order valence-electron chi connectivity index (χ3n) is 6.80. The first-order valence-corrected chi connectivity index (χ1v) is 11.9. The summed E-state index contributed by atoms with van der Waals surface area (Å²) in [5.74, 6) is -0.136. The highest BCUT2D eigenvalue weighted by atomic mass is 35.5. The van der Waals surface area contributed by atoms with Gasteiger partial charge in [0.25, 0.3) is 0 Å². The van der Waals surface area contributed by atoms with E-state index in [1.165, 1.54) is 0 Å². The van der Waals surface area contributed by atoms with Crippen LogP contribution in [-0.4, -0.2) is 30.1 Å². The smallest absolute Gasteiger partial charge is 0.315 e. The molecule has 7 heteroatoms. The minimum Gasteiger partial charge on any atom is -0.354 e. The number of benzene rings is 2. The quantitative estimate of drug-likeness (QED) is 0.573. The van der Waals surface area contributed by atoms with E-state index in [1.807, 2.05) is 51.1 Å². The largest absolute Gasteiger partial charge is 0.354 e. The van der Waals surface area contributed by atoms with Crippen LogP contribution in [0.3, 0.4) is 0 Å². The number of hydrogen-bond donors (Lipinski definition) is 3. The van der Waals surface area contributed by atoms with Crippen molar-refractivity contribution in [3.05, 3.63) is 69.2 Å². The molecule has 2 aromatic carbocycles. The molecule has 0 unspecified atom stereocenters. The molecule has 2 aromatic rings. The summed E-state index contributed by atoms with van der Waals surface area (Å²) in [5, 5.41) is 10.4. The fourth-order valence-corrected chi connectivity index (χ4v) is 5.92. The van der Waals surface area contributed by atoms with Crippen LogP contribution in [0.5, 0.6) is 0 Å². The molecule has 0 aromatic heterocycles. The zero-order chi connectivity index (χ0) is 23.0. The molecular weight excluding hydrogens is 445 g/mol. The van der Waals surface area contributed by atoms with E-state index in [1.54, 1.807) is 0 Å². The number of carbonyl (C=O) groups excluding carboxylic acids is 2. The zero-order valence-electron chi connectivity index (χ0n) is 18.5. The van der Waals surface area contributed by atoms with Crippen molar-refractivity contribution in [1.29, 1.82) is 0 Å². The first kappa shape index (κ1) is 22.9. The van der Waals surface area contributed by atoms with Crippen molar-refractivity contribution in [2.75, 3.05) is 6.54 Å². The average molecular weight is 474 g/mol. The number of fused-ring (bicyclic) bond motifs is 1. The molecule has 32 heavy (non-hydrogen) atoms. The normalized spacial score (nSPS) is 27.1. The maximum atomic E-state index is 13.1. The summed E-state index contributed by atoms with van der Waals surface area (Å²) in [6, 6.07) is 13.6. The van der Waals surface area contributed by atoms with Crippen molar-refractivity contribution >= 4 is 35.1 Å². The molecule has 3 N–H and O–H groups in total. The van der Waals surface area contributed by atoms with Crippen LogP contribution >= 0.6 is 23.2 Å². The summed E-state index contributed by atoms with van der Waals surface area (Å²) in [7, 11) is 0. The molecule has 1 aliphatic carbocycles. The standard InChI is InChI=1S/C25H29Cl2N3O2/c1-14(2)29-24(32)30-25-11-10-19(18-9-4-15(3)12-21(18)27)22(20(25)13-28-23(25)31)16-5-7-17(26)8-6-16/h4-9,12,14,19-20,22H,10-11,13H2,1-3H3,(H,28,31)(H2,29,30,32)/t19-,20-,22-,25-/m0/s1. The predicted octanol–water partition coefficient (Wildman–Crippen LogP) is 5.16. The van der Waals surface area contributed by atoms with Gasteiger partial charge in [0.1, 0.15) is 5.54 Å². The molecular formula is C25H29Cl2N3O2. The Morgan fingerprint density at radius 3 is 2.53 bits per heavy atom. The summed E-state index contributed by atoms with van der Waals surface area (Å²) in [5.41, 5.74) is 2.32. The molecule has 170 valence electrons. The van der Waals surface area contributed by atoms with E-state index in [2.05, 4.69) is 28.1 Å². The molecule has 2 fully saturated rings. The Hall–Kier alpha value is -2.24. The lowest BCUT2D eigenvalue weighted by Gasteiger charge is -2.46. The summed E-state index contributed by atoms with van der Waals surface area (Å²) < 4.78 is 0.